The summed E-state index contributed by atoms with van der Waals surface area (Å²) < 4.78 is 17.3. The summed E-state index contributed by atoms with van der Waals surface area (Å²) in [7, 11) is 0. The van der Waals surface area contributed by atoms with Crippen molar-refractivity contribution in [2.24, 2.45) is 0 Å². The van der Waals surface area contributed by atoms with Crippen LogP contribution in [0.1, 0.15) is 201 Å². The lowest BCUT2D eigenvalue weighted by Crippen LogP contribution is -2.30. The molecule has 0 aliphatic heterocycles. The van der Waals surface area contributed by atoms with Gasteiger partial charge in [0.25, 0.3) is 0 Å². The molecule has 0 rings (SSSR count). The molecule has 0 aromatic heterocycles. The van der Waals surface area contributed by atoms with Gasteiger partial charge in [0.15, 0.2) is 6.10 Å². The Labute approximate surface area is 442 Å². The van der Waals surface area contributed by atoms with Crippen molar-refractivity contribution in [2.75, 3.05) is 19.8 Å². The Balaban J connectivity index is 4.55. The van der Waals surface area contributed by atoms with E-state index in [0.717, 1.165) is 141 Å². The molecule has 0 spiro atoms. The molecule has 0 aromatic carbocycles. The summed E-state index contributed by atoms with van der Waals surface area (Å²) in [6.07, 6.45) is 92.1. The molecule has 5 heteroatoms. The van der Waals surface area contributed by atoms with Gasteiger partial charge in [-0.25, -0.2) is 0 Å². The molecule has 0 fully saturated rings. The van der Waals surface area contributed by atoms with Crippen molar-refractivity contribution in [3.05, 3.63) is 182 Å². The Morgan fingerprint density at radius 3 is 0.972 bits per heavy atom. The van der Waals surface area contributed by atoms with Crippen LogP contribution in [0.25, 0.3) is 0 Å². The number of unbranched alkanes of at least 4 members (excludes halogenated alkanes) is 8. The highest BCUT2D eigenvalue weighted by Crippen LogP contribution is 2.11. The highest BCUT2D eigenvalue weighted by atomic mass is 16.6. The molecule has 72 heavy (non-hydrogen) atoms. The largest absolute Gasteiger partial charge is 0.462 e. The Morgan fingerprint density at radius 2 is 0.597 bits per heavy atom. The Kier molecular flexibility index (Phi) is 56.1. The summed E-state index contributed by atoms with van der Waals surface area (Å²) >= 11 is 0. The molecule has 0 aliphatic rings. The van der Waals surface area contributed by atoms with Gasteiger partial charge in [0, 0.05) is 19.4 Å². The van der Waals surface area contributed by atoms with Gasteiger partial charge < -0.3 is 14.2 Å². The number of esters is 2. The van der Waals surface area contributed by atoms with E-state index in [2.05, 4.69) is 203 Å². The highest BCUT2D eigenvalue weighted by Gasteiger charge is 2.17. The second kappa shape index (κ2) is 60.3. The summed E-state index contributed by atoms with van der Waals surface area (Å²) in [4.78, 5) is 25.5. The fraction of sp³-hybridized carbons (Fsp3) is 0.522. The summed E-state index contributed by atoms with van der Waals surface area (Å²) in [6.45, 7) is 7.24. The van der Waals surface area contributed by atoms with Gasteiger partial charge in [0.05, 0.1) is 6.61 Å². The first-order valence-electron chi connectivity index (χ1n) is 28.3. The van der Waals surface area contributed by atoms with Crippen LogP contribution in [0.5, 0.6) is 0 Å². The third-order valence-electron chi connectivity index (χ3n) is 10.9. The molecule has 0 N–H and O–H groups in total. The van der Waals surface area contributed by atoms with Crippen molar-refractivity contribution in [1.29, 1.82) is 0 Å². The lowest BCUT2D eigenvalue weighted by Gasteiger charge is -2.18. The van der Waals surface area contributed by atoms with Crippen LogP contribution in [-0.2, 0) is 23.8 Å². The van der Waals surface area contributed by atoms with Crippen LogP contribution >= 0.6 is 0 Å². The van der Waals surface area contributed by atoms with Crippen LogP contribution in [0.3, 0.4) is 0 Å². The molecule has 0 saturated carbocycles. The maximum Gasteiger partial charge on any atom is 0.306 e. The minimum absolute atomic E-state index is 0.0177. The van der Waals surface area contributed by atoms with Crippen LogP contribution in [0.4, 0.5) is 0 Å². The van der Waals surface area contributed by atoms with Crippen molar-refractivity contribution >= 4 is 11.9 Å². The monoisotopic (exact) mass is 987 g/mol. The summed E-state index contributed by atoms with van der Waals surface area (Å²) in [6, 6.07) is 0. The van der Waals surface area contributed by atoms with E-state index in [9.17, 15) is 9.59 Å². The second-order valence-electron chi connectivity index (χ2n) is 17.7. The zero-order valence-electron chi connectivity index (χ0n) is 45.9. The molecule has 1 atom stereocenters. The van der Waals surface area contributed by atoms with Gasteiger partial charge in [-0.1, -0.05) is 229 Å². The molecule has 0 amide bonds. The van der Waals surface area contributed by atoms with Crippen molar-refractivity contribution in [2.45, 2.75) is 207 Å². The van der Waals surface area contributed by atoms with Gasteiger partial charge in [-0.05, 0) is 141 Å². The van der Waals surface area contributed by atoms with E-state index in [-0.39, 0.29) is 25.2 Å². The molecule has 0 radical (unpaired) electrons. The minimum atomic E-state index is -0.619. The van der Waals surface area contributed by atoms with Crippen LogP contribution < -0.4 is 0 Å². The van der Waals surface area contributed by atoms with Gasteiger partial charge in [-0.3, -0.25) is 9.59 Å². The number of allylic oxidation sites excluding steroid dienone is 30. The fourth-order valence-corrected chi connectivity index (χ4v) is 6.85. The molecule has 0 aromatic rings. The molecule has 0 saturated heterocycles. The number of carbonyl (C=O) groups is 2. The van der Waals surface area contributed by atoms with E-state index in [4.69, 9.17) is 14.2 Å². The van der Waals surface area contributed by atoms with Gasteiger partial charge in [-0.2, -0.15) is 0 Å². The Bertz CT molecular complexity index is 1680. The smallest absolute Gasteiger partial charge is 0.306 e. The van der Waals surface area contributed by atoms with Gasteiger partial charge in [0.2, 0.25) is 0 Å². The lowest BCUT2D eigenvalue weighted by molar-refractivity contribution is -0.162. The second-order valence-corrected chi connectivity index (χ2v) is 17.7. The van der Waals surface area contributed by atoms with Crippen LogP contribution in [0.2, 0.25) is 0 Å². The van der Waals surface area contributed by atoms with Gasteiger partial charge >= 0.3 is 11.9 Å². The normalized spacial score (nSPS) is 13.7. The molecule has 400 valence electrons. The number of carbonyl (C=O) groups excluding carboxylic acids is 2. The van der Waals surface area contributed by atoms with Crippen molar-refractivity contribution in [3.8, 4) is 0 Å². The zero-order chi connectivity index (χ0) is 52.0. The highest BCUT2D eigenvalue weighted by molar-refractivity contribution is 5.70. The molecule has 5 nitrogen and oxygen atoms in total. The summed E-state index contributed by atoms with van der Waals surface area (Å²) in [5, 5.41) is 0. The molecule has 0 heterocycles. The van der Waals surface area contributed by atoms with Gasteiger partial charge in [-0.15, -0.1) is 0 Å². The molecule has 0 aliphatic carbocycles. The predicted molar refractivity (Wildman–Crippen MR) is 315 cm³/mol. The predicted octanol–water partition coefficient (Wildman–Crippen LogP) is 19.8. The molecular weight excluding hydrogens is 885 g/mol. The van der Waals surface area contributed by atoms with Crippen LogP contribution in [-0.4, -0.2) is 37.9 Å². The number of rotatable bonds is 49. The maximum atomic E-state index is 12.8. The van der Waals surface area contributed by atoms with Crippen molar-refractivity contribution < 1.29 is 23.8 Å². The molecule has 1 unspecified atom stereocenters. The Hall–Kier alpha value is -5.00. The number of hydrogen-bond acceptors (Lipinski definition) is 5. The molecular formula is C67H102O5. The van der Waals surface area contributed by atoms with Crippen molar-refractivity contribution in [3.63, 3.8) is 0 Å². The number of hydrogen-bond donors (Lipinski definition) is 0. The van der Waals surface area contributed by atoms with E-state index in [1.165, 1.54) is 19.3 Å². The first-order valence-corrected chi connectivity index (χ1v) is 28.3. The van der Waals surface area contributed by atoms with Gasteiger partial charge in [0.1, 0.15) is 6.61 Å². The van der Waals surface area contributed by atoms with E-state index in [0.29, 0.717) is 25.9 Å². The van der Waals surface area contributed by atoms with E-state index in [1.54, 1.807) is 0 Å². The first kappa shape index (κ1) is 67.0. The minimum Gasteiger partial charge on any atom is -0.462 e. The lowest BCUT2D eigenvalue weighted by atomic mass is 10.1. The van der Waals surface area contributed by atoms with Crippen molar-refractivity contribution in [1.82, 2.24) is 0 Å². The quantitative estimate of drug-likeness (QED) is 0.0345. The fourth-order valence-electron chi connectivity index (χ4n) is 6.85. The summed E-state index contributed by atoms with van der Waals surface area (Å²) in [5.41, 5.74) is 0. The van der Waals surface area contributed by atoms with E-state index < -0.39 is 6.10 Å². The SMILES string of the molecule is CC/C=C\C/C=C\C/C=C\C/C=C\C/C=C\C/C=C\CCCOCC(COC(=O)CCCCCCCC/C=C\C/C=C\C/C=C\C/C=C\CC)OC(=O)CCC/C=C\C/C=C\C/C=C\C/C=C\C/C=C\CC. The van der Waals surface area contributed by atoms with Crippen LogP contribution in [0, 0.1) is 0 Å². The van der Waals surface area contributed by atoms with E-state index >= 15 is 0 Å². The van der Waals surface area contributed by atoms with Crippen LogP contribution in [0.15, 0.2) is 182 Å². The number of ether oxygens (including phenoxy) is 3. The topological polar surface area (TPSA) is 61.8 Å². The Morgan fingerprint density at radius 1 is 0.306 bits per heavy atom. The first-order chi connectivity index (χ1) is 35.6. The molecule has 0 bridgehead atoms. The third kappa shape index (κ3) is 57.6. The standard InChI is InChI=1S/C67H102O5/c1-4-7-10-13-16-19-22-25-28-31-33-35-38-41-44-47-50-53-56-59-62-70-63-65(72-67(69)61-58-55-52-49-46-43-40-36-30-27-24-21-18-15-12-9-6-3)64-71-66(68)60-57-54-51-48-45-42-39-37-34-32-29-26-23-20-17-14-11-8-5-2/h7-12,16-21,25-30,33-35,37,40-41,43-44,49-50,52-53,65H,4-6,13-15,22-24,31-32,36,38-39,42,45-48,51,54-64H2,1-3H3/b10-7-,11-8-,12-9-,19-16-,20-17-,21-18-,28-25-,29-26-,30-27-,35-33-,37-34-,43-40-,44-41-,52-49-,53-50-. The zero-order valence-corrected chi connectivity index (χ0v) is 45.9. The maximum absolute atomic E-state index is 12.8. The van der Waals surface area contributed by atoms with E-state index in [1.807, 2.05) is 0 Å². The average Bonchev–Trinajstić information content (AvgIpc) is 3.38. The summed E-state index contributed by atoms with van der Waals surface area (Å²) in [5.74, 6) is -0.529. The third-order valence-corrected chi connectivity index (χ3v) is 10.9. The average molecular weight is 988 g/mol.